The Morgan fingerprint density at radius 3 is 2.24 bits per heavy atom. The molecule has 1 saturated heterocycles. The van der Waals surface area contributed by atoms with Crippen LogP contribution in [-0.4, -0.2) is 23.7 Å². The van der Waals surface area contributed by atoms with Gasteiger partial charge in [-0.25, -0.2) is 4.79 Å². The molecular weight excluding hydrogens is 240 g/mol. The topological polar surface area (TPSA) is 38.8 Å². The molecule has 96 valence electrons. The minimum absolute atomic E-state index is 0.421. The van der Waals surface area contributed by atoms with Crippen LogP contribution < -0.4 is 0 Å². The van der Waals surface area contributed by atoms with Crippen LogP contribution in [0.2, 0.25) is 0 Å². The van der Waals surface area contributed by atoms with Crippen LogP contribution in [0.3, 0.4) is 0 Å². The first kappa shape index (κ1) is 11.8. The van der Waals surface area contributed by atoms with Gasteiger partial charge < -0.3 is 9.47 Å². The van der Waals surface area contributed by atoms with Crippen molar-refractivity contribution in [3.63, 3.8) is 0 Å². The van der Waals surface area contributed by atoms with Crippen LogP contribution in [0.1, 0.15) is 51.4 Å². The van der Waals surface area contributed by atoms with E-state index in [4.69, 9.17) is 21.1 Å². The van der Waals surface area contributed by atoms with Crippen LogP contribution in [-0.2, 0) is 14.3 Å². The predicted octanol–water partition coefficient (Wildman–Crippen LogP) is 3.00. The number of hydrogen-bond acceptors (Lipinski definition) is 3. The smallest absolute Gasteiger partial charge is 0.357 e. The summed E-state index contributed by atoms with van der Waals surface area (Å²) < 4.78 is 10.3. The normalized spacial score (nSPS) is 37.3. The van der Waals surface area contributed by atoms with Gasteiger partial charge in [-0.3, -0.25) is 0 Å². The third-order valence-corrected chi connectivity index (χ3v) is 5.69. The first-order valence-corrected chi connectivity index (χ1v) is 6.91. The average molecular weight is 259 g/mol. The molecule has 1 unspecified atom stereocenters. The number of methoxy groups -OCH3 is 1. The van der Waals surface area contributed by atoms with Gasteiger partial charge in [0.15, 0.2) is 0 Å². The fourth-order valence-electron chi connectivity index (χ4n) is 3.84. The minimum atomic E-state index is -1.18. The number of hydrogen-bond donors (Lipinski definition) is 0. The maximum absolute atomic E-state index is 11.6. The molecule has 2 aliphatic carbocycles. The monoisotopic (exact) mass is 258 g/mol. The first-order chi connectivity index (χ1) is 8.06. The fourth-order valence-corrected chi connectivity index (χ4v) is 4.25. The van der Waals surface area contributed by atoms with Gasteiger partial charge in [0, 0.05) is 0 Å². The number of carbonyl (C=O) groups is 1. The Kier molecular flexibility index (Phi) is 2.50. The molecular formula is C13H19ClO3. The van der Waals surface area contributed by atoms with Crippen molar-refractivity contribution in [1.29, 1.82) is 0 Å². The van der Waals surface area contributed by atoms with E-state index in [1.807, 2.05) is 0 Å². The molecule has 0 aromatic rings. The summed E-state index contributed by atoms with van der Waals surface area (Å²) in [5.74, 6) is -0.429. The van der Waals surface area contributed by atoms with Crippen molar-refractivity contribution in [3.05, 3.63) is 0 Å². The highest BCUT2D eigenvalue weighted by atomic mass is 35.5. The Morgan fingerprint density at radius 1 is 1.12 bits per heavy atom. The van der Waals surface area contributed by atoms with E-state index in [2.05, 4.69) is 0 Å². The minimum Gasteiger partial charge on any atom is -0.466 e. The molecule has 4 heteroatoms. The van der Waals surface area contributed by atoms with E-state index in [9.17, 15) is 4.79 Å². The third kappa shape index (κ3) is 1.55. The van der Waals surface area contributed by atoms with Crippen molar-refractivity contribution in [3.8, 4) is 0 Å². The number of rotatable bonds is 1. The molecule has 0 aromatic carbocycles. The van der Waals surface area contributed by atoms with E-state index in [1.54, 1.807) is 0 Å². The zero-order valence-electron chi connectivity index (χ0n) is 10.3. The first-order valence-electron chi connectivity index (χ1n) is 6.54. The van der Waals surface area contributed by atoms with E-state index in [1.165, 1.54) is 32.8 Å². The van der Waals surface area contributed by atoms with Crippen molar-refractivity contribution in [2.75, 3.05) is 7.11 Å². The third-order valence-electron chi connectivity index (χ3n) is 5.11. The van der Waals surface area contributed by atoms with Gasteiger partial charge in [-0.2, -0.15) is 0 Å². The highest BCUT2D eigenvalue weighted by molar-refractivity contribution is 6.36. The molecule has 0 N–H and O–H groups in total. The van der Waals surface area contributed by atoms with Crippen molar-refractivity contribution >= 4 is 17.6 Å². The molecule has 0 amide bonds. The second-order valence-corrected chi connectivity index (χ2v) is 6.42. The number of ether oxygens (including phenoxy) is 2. The summed E-state index contributed by atoms with van der Waals surface area (Å²) in [5.41, 5.74) is 0.112. The van der Waals surface area contributed by atoms with Crippen molar-refractivity contribution < 1.29 is 14.3 Å². The lowest BCUT2D eigenvalue weighted by Gasteiger charge is -2.36. The van der Waals surface area contributed by atoms with Gasteiger partial charge in [0.2, 0.25) is 0 Å². The lowest BCUT2D eigenvalue weighted by molar-refractivity contribution is -0.143. The van der Waals surface area contributed by atoms with Crippen molar-refractivity contribution in [2.45, 2.75) is 62.0 Å². The number of epoxide rings is 1. The predicted molar refractivity (Wildman–Crippen MR) is 63.8 cm³/mol. The molecule has 1 aliphatic heterocycles. The Balaban J connectivity index is 1.68. The van der Waals surface area contributed by atoms with E-state index in [-0.39, 0.29) is 0 Å². The number of halogens is 1. The lowest BCUT2D eigenvalue weighted by atomic mass is 9.68. The van der Waals surface area contributed by atoms with Gasteiger partial charge in [-0.1, -0.05) is 24.4 Å². The molecule has 3 nitrogen and oxygen atoms in total. The molecule has 17 heavy (non-hydrogen) atoms. The van der Waals surface area contributed by atoms with Crippen LogP contribution in [0.15, 0.2) is 0 Å². The van der Waals surface area contributed by atoms with E-state index >= 15 is 0 Å². The SMILES string of the molecule is COC(=O)C1(Cl)OC12CCC1(CCCC1)CC2. The molecule has 3 fully saturated rings. The van der Waals surface area contributed by atoms with Gasteiger partial charge in [-0.15, -0.1) is 0 Å². The Hall–Kier alpha value is -0.280. The number of carbonyl (C=O) groups excluding carboxylic acids is 1. The maximum Gasteiger partial charge on any atom is 0.357 e. The second-order valence-electron chi connectivity index (χ2n) is 5.89. The molecule has 3 aliphatic rings. The summed E-state index contributed by atoms with van der Waals surface area (Å²) in [6, 6.07) is 0. The van der Waals surface area contributed by atoms with E-state index < -0.39 is 16.6 Å². The Labute approximate surface area is 107 Å². The largest absolute Gasteiger partial charge is 0.466 e. The zero-order chi connectivity index (χ0) is 12.1. The highest BCUT2D eigenvalue weighted by Gasteiger charge is 2.75. The summed E-state index contributed by atoms with van der Waals surface area (Å²) in [7, 11) is 1.36. The van der Waals surface area contributed by atoms with Gasteiger partial charge in [0.25, 0.3) is 5.06 Å². The van der Waals surface area contributed by atoms with Gasteiger partial charge in [0.1, 0.15) is 5.60 Å². The molecule has 3 rings (SSSR count). The molecule has 0 radical (unpaired) electrons. The summed E-state index contributed by atoms with van der Waals surface area (Å²) in [5, 5.41) is -1.18. The second kappa shape index (κ2) is 3.61. The molecule has 0 aromatic heterocycles. The zero-order valence-corrected chi connectivity index (χ0v) is 11.0. The standard InChI is InChI=1S/C13H19ClO3/c1-16-10(15)13(14)12(17-13)8-6-11(7-9-12)4-2-3-5-11/h2-9H2,1H3. The van der Waals surface area contributed by atoms with E-state index in [0.717, 1.165) is 25.7 Å². The maximum atomic E-state index is 11.6. The number of alkyl halides is 1. The Bertz CT molecular complexity index is 339. The van der Waals surface area contributed by atoms with Crippen LogP contribution in [0.25, 0.3) is 0 Å². The van der Waals surface area contributed by atoms with Crippen LogP contribution in [0.5, 0.6) is 0 Å². The molecule has 1 heterocycles. The van der Waals surface area contributed by atoms with Crippen LogP contribution in [0, 0.1) is 5.41 Å². The summed E-state index contributed by atoms with van der Waals surface area (Å²) in [6.45, 7) is 0. The lowest BCUT2D eigenvalue weighted by Crippen LogP contribution is -2.36. The quantitative estimate of drug-likeness (QED) is 0.412. The molecule has 2 saturated carbocycles. The molecule has 0 bridgehead atoms. The fraction of sp³-hybridized carbons (Fsp3) is 0.923. The summed E-state index contributed by atoms with van der Waals surface area (Å²) >= 11 is 6.23. The summed E-state index contributed by atoms with van der Waals surface area (Å²) in [6.07, 6.45) is 9.52. The number of esters is 1. The van der Waals surface area contributed by atoms with E-state index in [0.29, 0.717) is 5.41 Å². The molecule has 2 spiro atoms. The highest BCUT2D eigenvalue weighted by Crippen LogP contribution is 2.64. The van der Waals surface area contributed by atoms with Crippen LogP contribution in [0.4, 0.5) is 0 Å². The van der Waals surface area contributed by atoms with Gasteiger partial charge in [0.05, 0.1) is 7.11 Å². The average Bonchev–Trinajstić information content (AvgIpc) is 2.73. The van der Waals surface area contributed by atoms with Gasteiger partial charge >= 0.3 is 5.97 Å². The Morgan fingerprint density at radius 2 is 1.71 bits per heavy atom. The molecule has 1 atom stereocenters. The van der Waals surface area contributed by atoms with Crippen LogP contribution >= 0.6 is 11.6 Å². The summed E-state index contributed by atoms with van der Waals surface area (Å²) in [4.78, 5) is 11.6. The van der Waals surface area contributed by atoms with Crippen molar-refractivity contribution in [1.82, 2.24) is 0 Å². The van der Waals surface area contributed by atoms with Crippen molar-refractivity contribution in [2.24, 2.45) is 5.41 Å². The van der Waals surface area contributed by atoms with Gasteiger partial charge in [-0.05, 0) is 43.9 Å².